The van der Waals surface area contributed by atoms with E-state index < -0.39 is 16.1 Å². The number of benzene rings is 2. The van der Waals surface area contributed by atoms with Gasteiger partial charge in [-0.1, -0.05) is 24.3 Å². The Morgan fingerprint density at radius 2 is 1.72 bits per heavy atom. The van der Waals surface area contributed by atoms with Crippen molar-refractivity contribution in [2.24, 2.45) is 0 Å². The van der Waals surface area contributed by atoms with Crippen molar-refractivity contribution in [3.63, 3.8) is 0 Å². The lowest BCUT2D eigenvalue weighted by atomic mass is 10.1. The van der Waals surface area contributed by atoms with E-state index in [9.17, 15) is 13.2 Å². The number of methoxy groups -OCH3 is 2. The molecule has 1 amide bonds. The standard InChI is InChI=1S/C20H25N3O5S/c1-15-6-4-5-7-16(15)13-22-10-11-23(29(22,25)26)14-20(24)21-17-8-9-18(27-2)19(12-17)28-3/h4-9,12H,10-11,13-14H2,1-3H3,(H,21,24). The van der Waals surface area contributed by atoms with Gasteiger partial charge in [-0.2, -0.15) is 17.0 Å². The first-order valence-electron chi connectivity index (χ1n) is 9.16. The Bertz CT molecular complexity index is 993. The van der Waals surface area contributed by atoms with E-state index in [1.165, 1.54) is 22.8 Å². The maximum atomic E-state index is 12.8. The molecule has 9 heteroatoms. The molecule has 1 saturated heterocycles. The number of carbonyl (C=O) groups excluding carboxylic acids is 1. The Hall–Kier alpha value is -2.62. The normalized spacial score (nSPS) is 16.5. The first kappa shape index (κ1) is 21.1. The number of hydrogen-bond donors (Lipinski definition) is 1. The number of nitrogens with one attached hydrogen (secondary N) is 1. The fraction of sp³-hybridized carbons (Fsp3) is 0.350. The number of hydrogen-bond acceptors (Lipinski definition) is 5. The second-order valence-corrected chi connectivity index (χ2v) is 8.65. The monoisotopic (exact) mass is 419 g/mol. The number of aryl methyl sites for hydroxylation is 1. The van der Waals surface area contributed by atoms with Crippen LogP contribution in [0.4, 0.5) is 5.69 Å². The van der Waals surface area contributed by atoms with Crippen LogP contribution >= 0.6 is 0 Å². The third-order valence-electron chi connectivity index (χ3n) is 4.85. The molecular formula is C20H25N3O5S. The van der Waals surface area contributed by atoms with Gasteiger partial charge in [0.05, 0.1) is 20.8 Å². The van der Waals surface area contributed by atoms with Gasteiger partial charge in [0.25, 0.3) is 10.2 Å². The molecule has 1 aliphatic heterocycles. The van der Waals surface area contributed by atoms with E-state index in [4.69, 9.17) is 9.47 Å². The van der Waals surface area contributed by atoms with Crippen LogP contribution in [0.3, 0.4) is 0 Å². The largest absolute Gasteiger partial charge is 0.493 e. The summed E-state index contributed by atoms with van der Waals surface area (Å²) in [6.45, 7) is 2.62. The lowest BCUT2D eigenvalue weighted by Gasteiger charge is -2.19. The first-order chi connectivity index (χ1) is 13.8. The molecule has 0 spiro atoms. The lowest BCUT2D eigenvalue weighted by molar-refractivity contribution is -0.116. The molecule has 29 heavy (non-hydrogen) atoms. The fourth-order valence-corrected chi connectivity index (χ4v) is 4.72. The van der Waals surface area contributed by atoms with Crippen LogP contribution in [0, 0.1) is 6.92 Å². The molecule has 0 unspecified atom stereocenters. The number of rotatable bonds is 7. The molecule has 1 aliphatic rings. The highest BCUT2D eigenvalue weighted by Crippen LogP contribution is 2.29. The highest BCUT2D eigenvalue weighted by Gasteiger charge is 2.37. The Morgan fingerprint density at radius 3 is 2.41 bits per heavy atom. The number of carbonyl (C=O) groups is 1. The minimum atomic E-state index is -3.69. The zero-order chi connectivity index (χ0) is 21.0. The molecule has 2 aromatic rings. The van der Waals surface area contributed by atoms with Crippen LogP contribution < -0.4 is 14.8 Å². The van der Waals surface area contributed by atoms with Crippen LogP contribution in [0.15, 0.2) is 42.5 Å². The smallest absolute Gasteiger partial charge is 0.282 e. The molecule has 1 N–H and O–H groups in total. The molecule has 0 bridgehead atoms. The molecule has 0 aromatic heterocycles. The van der Waals surface area contributed by atoms with Gasteiger partial charge in [-0.05, 0) is 30.2 Å². The van der Waals surface area contributed by atoms with Crippen LogP contribution in [0.25, 0.3) is 0 Å². The highest BCUT2D eigenvalue weighted by molar-refractivity contribution is 7.87. The quantitative estimate of drug-likeness (QED) is 0.742. The predicted molar refractivity (Wildman–Crippen MR) is 110 cm³/mol. The van der Waals surface area contributed by atoms with Gasteiger partial charge in [-0.3, -0.25) is 4.79 Å². The van der Waals surface area contributed by atoms with E-state index in [1.54, 1.807) is 18.2 Å². The van der Waals surface area contributed by atoms with Gasteiger partial charge in [0.2, 0.25) is 5.91 Å². The lowest BCUT2D eigenvalue weighted by Crippen LogP contribution is -2.37. The summed E-state index contributed by atoms with van der Waals surface area (Å²) in [5.41, 5.74) is 2.49. The van der Waals surface area contributed by atoms with Crippen LogP contribution in [0.2, 0.25) is 0 Å². The Morgan fingerprint density at radius 1 is 1.03 bits per heavy atom. The van der Waals surface area contributed by atoms with Gasteiger partial charge in [0, 0.05) is 31.4 Å². The number of nitrogens with zero attached hydrogens (tertiary/aromatic N) is 2. The van der Waals surface area contributed by atoms with Crippen molar-refractivity contribution < 1.29 is 22.7 Å². The van der Waals surface area contributed by atoms with Gasteiger partial charge >= 0.3 is 0 Å². The summed E-state index contributed by atoms with van der Waals surface area (Å²) in [7, 11) is -0.664. The van der Waals surface area contributed by atoms with Crippen molar-refractivity contribution in [3.8, 4) is 11.5 Å². The Balaban J connectivity index is 1.64. The second kappa shape index (κ2) is 8.81. The molecule has 2 aromatic carbocycles. The second-order valence-electron chi connectivity index (χ2n) is 6.72. The van der Waals surface area contributed by atoms with Crippen LogP contribution in [0.1, 0.15) is 11.1 Å². The molecule has 1 fully saturated rings. The maximum absolute atomic E-state index is 12.8. The number of ether oxygens (including phenoxy) is 2. The average molecular weight is 420 g/mol. The number of anilines is 1. The zero-order valence-corrected chi connectivity index (χ0v) is 17.5. The maximum Gasteiger partial charge on any atom is 0.282 e. The third kappa shape index (κ3) is 4.69. The zero-order valence-electron chi connectivity index (χ0n) is 16.7. The van der Waals surface area contributed by atoms with Crippen molar-refractivity contribution in [1.82, 2.24) is 8.61 Å². The molecule has 3 rings (SSSR count). The van der Waals surface area contributed by atoms with E-state index in [-0.39, 0.29) is 13.1 Å². The van der Waals surface area contributed by atoms with Crippen LogP contribution in [-0.2, 0) is 21.5 Å². The third-order valence-corrected chi connectivity index (χ3v) is 6.78. The predicted octanol–water partition coefficient (Wildman–Crippen LogP) is 2.01. The van der Waals surface area contributed by atoms with Crippen molar-refractivity contribution in [1.29, 1.82) is 0 Å². The van der Waals surface area contributed by atoms with Crippen LogP contribution in [0.5, 0.6) is 11.5 Å². The minimum Gasteiger partial charge on any atom is -0.493 e. The Kier molecular flexibility index (Phi) is 6.41. The summed E-state index contributed by atoms with van der Waals surface area (Å²) in [6.07, 6.45) is 0. The topological polar surface area (TPSA) is 88.2 Å². The van der Waals surface area contributed by atoms with E-state index in [0.717, 1.165) is 11.1 Å². The average Bonchev–Trinajstić information content (AvgIpc) is 2.97. The first-order valence-corrected chi connectivity index (χ1v) is 10.6. The van der Waals surface area contributed by atoms with E-state index in [2.05, 4.69) is 5.32 Å². The fourth-order valence-electron chi connectivity index (χ4n) is 3.19. The van der Waals surface area contributed by atoms with Gasteiger partial charge in [0.15, 0.2) is 11.5 Å². The van der Waals surface area contributed by atoms with Crippen molar-refractivity contribution >= 4 is 21.8 Å². The van der Waals surface area contributed by atoms with E-state index >= 15 is 0 Å². The summed E-state index contributed by atoms with van der Waals surface area (Å²) < 4.78 is 38.6. The van der Waals surface area contributed by atoms with Crippen LogP contribution in [-0.4, -0.2) is 56.8 Å². The highest BCUT2D eigenvalue weighted by atomic mass is 32.2. The minimum absolute atomic E-state index is 0.249. The summed E-state index contributed by atoms with van der Waals surface area (Å²) in [4.78, 5) is 12.4. The Labute approximate surface area is 171 Å². The molecule has 0 aliphatic carbocycles. The molecule has 156 valence electrons. The van der Waals surface area contributed by atoms with Crippen molar-refractivity contribution in [3.05, 3.63) is 53.6 Å². The molecule has 1 heterocycles. The molecule has 0 atom stereocenters. The van der Waals surface area contributed by atoms with Gasteiger partial charge < -0.3 is 14.8 Å². The van der Waals surface area contributed by atoms with Gasteiger partial charge in [-0.25, -0.2) is 0 Å². The SMILES string of the molecule is COc1ccc(NC(=O)CN2CCN(Cc3ccccc3C)S2(=O)=O)cc1OC. The summed E-state index contributed by atoms with van der Waals surface area (Å²) in [6, 6.07) is 12.6. The number of amides is 1. The molecule has 0 radical (unpaired) electrons. The van der Waals surface area contributed by atoms with Gasteiger partial charge in [0.1, 0.15) is 0 Å². The summed E-state index contributed by atoms with van der Waals surface area (Å²) >= 11 is 0. The molecular weight excluding hydrogens is 394 g/mol. The van der Waals surface area contributed by atoms with E-state index in [1.807, 2.05) is 31.2 Å². The summed E-state index contributed by atoms with van der Waals surface area (Å²) in [5.74, 6) is 0.599. The van der Waals surface area contributed by atoms with Gasteiger partial charge in [-0.15, -0.1) is 0 Å². The van der Waals surface area contributed by atoms with Crippen molar-refractivity contribution in [2.45, 2.75) is 13.5 Å². The summed E-state index contributed by atoms with van der Waals surface area (Å²) in [5, 5.41) is 2.71. The molecule has 0 saturated carbocycles. The molecule has 8 nitrogen and oxygen atoms in total. The van der Waals surface area contributed by atoms with E-state index in [0.29, 0.717) is 30.3 Å². The van der Waals surface area contributed by atoms with Crippen molar-refractivity contribution in [2.75, 3.05) is 39.2 Å².